The van der Waals surface area contributed by atoms with Gasteiger partial charge in [-0.1, -0.05) is 0 Å². The Morgan fingerprint density at radius 2 is 1.82 bits per heavy atom. The average Bonchev–Trinajstić information content (AvgIpc) is 3.11. The van der Waals surface area contributed by atoms with Crippen LogP contribution in [0.4, 0.5) is 0 Å². The molecule has 0 atom stereocenters. The van der Waals surface area contributed by atoms with E-state index in [4.69, 9.17) is 0 Å². The van der Waals surface area contributed by atoms with E-state index in [2.05, 4.69) is 24.1 Å². The Kier molecular flexibility index (Phi) is 2.69. The Balaban J connectivity index is 1.67. The van der Waals surface area contributed by atoms with Crippen molar-refractivity contribution >= 4 is 5.91 Å². The van der Waals surface area contributed by atoms with Crippen LogP contribution in [0.3, 0.4) is 0 Å². The SMILES string of the molecule is CC1(C)CN(C(=O)C(C2CC2)C2CC2)CCN1. The fraction of sp³-hybridized carbons (Fsp3) is 0.929. The number of carbonyl (C=O) groups excluding carboxylic acids is 1. The van der Waals surface area contributed by atoms with Gasteiger partial charge in [0.25, 0.3) is 0 Å². The average molecular weight is 236 g/mol. The third-order valence-corrected chi connectivity index (χ3v) is 4.43. The van der Waals surface area contributed by atoms with E-state index in [-0.39, 0.29) is 5.54 Å². The molecule has 1 heterocycles. The van der Waals surface area contributed by atoms with E-state index in [1.165, 1.54) is 25.7 Å². The van der Waals surface area contributed by atoms with Crippen LogP contribution >= 0.6 is 0 Å². The van der Waals surface area contributed by atoms with E-state index in [0.717, 1.165) is 31.5 Å². The zero-order valence-electron chi connectivity index (χ0n) is 11.0. The van der Waals surface area contributed by atoms with Gasteiger partial charge >= 0.3 is 0 Å². The first-order valence-corrected chi connectivity index (χ1v) is 7.11. The molecular formula is C14H24N2O. The van der Waals surface area contributed by atoms with Crippen LogP contribution in [0.2, 0.25) is 0 Å². The van der Waals surface area contributed by atoms with Crippen LogP contribution in [0.1, 0.15) is 39.5 Å². The van der Waals surface area contributed by atoms with E-state index < -0.39 is 0 Å². The fourth-order valence-corrected chi connectivity index (χ4v) is 3.24. The third-order valence-electron chi connectivity index (χ3n) is 4.43. The first-order valence-electron chi connectivity index (χ1n) is 7.11. The molecule has 0 spiro atoms. The molecule has 3 fully saturated rings. The van der Waals surface area contributed by atoms with Gasteiger partial charge in [-0.05, 0) is 51.4 Å². The molecule has 17 heavy (non-hydrogen) atoms. The first-order chi connectivity index (χ1) is 8.07. The van der Waals surface area contributed by atoms with Crippen molar-refractivity contribution in [2.45, 2.75) is 45.1 Å². The smallest absolute Gasteiger partial charge is 0.226 e. The van der Waals surface area contributed by atoms with Crippen LogP contribution in [0, 0.1) is 17.8 Å². The number of nitrogens with one attached hydrogen (secondary N) is 1. The second kappa shape index (κ2) is 3.98. The van der Waals surface area contributed by atoms with Crippen molar-refractivity contribution in [1.29, 1.82) is 0 Å². The zero-order chi connectivity index (χ0) is 12.0. The second-order valence-electron chi connectivity index (χ2n) is 6.77. The van der Waals surface area contributed by atoms with E-state index >= 15 is 0 Å². The highest BCUT2D eigenvalue weighted by Gasteiger charge is 2.47. The normalized spacial score (nSPS) is 28.5. The lowest BCUT2D eigenvalue weighted by Crippen LogP contribution is -2.59. The van der Waals surface area contributed by atoms with Gasteiger partial charge in [-0.3, -0.25) is 4.79 Å². The van der Waals surface area contributed by atoms with Crippen molar-refractivity contribution in [2.75, 3.05) is 19.6 Å². The highest BCUT2D eigenvalue weighted by molar-refractivity contribution is 5.80. The standard InChI is InChI=1S/C14H24N2O/c1-14(2)9-16(8-7-15-14)13(17)12(10-3-4-10)11-5-6-11/h10-12,15H,3-9H2,1-2H3. The maximum Gasteiger partial charge on any atom is 0.226 e. The van der Waals surface area contributed by atoms with E-state index in [9.17, 15) is 4.79 Å². The lowest BCUT2D eigenvalue weighted by atomic mass is 9.94. The van der Waals surface area contributed by atoms with Gasteiger partial charge in [-0.15, -0.1) is 0 Å². The third kappa shape index (κ3) is 2.49. The Bertz CT molecular complexity index is 306. The fourth-order valence-electron chi connectivity index (χ4n) is 3.24. The summed E-state index contributed by atoms with van der Waals surface area (Å²) in [6.07, 6.45) is 5.18. The molecule has 3 nitrogen and oxygen atoms in total. The largest absolute Gasteiger partial charge is 0.339 e. The highest BCUT2D eigenvalue weighted by atomic mass is 16.2. The van der Waals surface area contributed by atoms with Gasteiger partial charge in [-0.25, -0.2) is 0 Å². The molecule has 0 radical (unpaired) electrons. The molecule has 0 aromatic carbocycles. The molecule has 0 bridgehead atoms. The quantitative estimate of drug-likeness (QED) is 0.808. The molecule has 3 aliphatic rings. The van der Waals surface area contributed by atoms with Gasteiger partial charge < -0.3 is 10.2 Å². The van der Waals surface area contributed by atoms with Gasteiger partial charge in [0.1, 0.15) is 0 Å². The topological polar surface area (TPSA) is 32.3 Å². The molecule has 1 amide bonds. The Morgan fingerprint density at radius 1 is 1.24 bits per heavy atom. The van der Waals surface area contributed by atoms with Crippen LogP contribution in [0.15, 0.2) is 0 Å². The van der Waals surface area contributed by atoms with E-state index in [1.807, 2.05) is 0 Å². The van der Waals surface area contributed by atoms with Crippen molar-refractivity contribution in [2.24, 2.45) is 17.8 Å². The van der Waals surface area contributed by atoms with Crippen molar-refractivity contribution in [3.63, 3.8) is 0 Å². The predicted molar refractivity (Wildman–Crippen MR) is 67.6 cm³/mol. The number of hydrogen-bond donors (Lipinski definition) is 1. The monoisotopic (exact) mass is 236 g/mol. The van der Waals surface area contributed by atoms with Crippen LogP contribution < -0.4 is 5.32 Å². The minimum absolute atomic E-state index is 0.0889. The van der Waals surface area contributed by atoms with Crippen molar-refractivity contribution < 1.29 is 4.79 Å². The highest BCUT2D eigenvalue weighted by Crippen LogP contribution is 2.50. The molecule has 1 aliphatic heterocycles. The van der Waals surface area contributed by atoms with Crippen LogP contribution in [-0.2, 0) is 4.79 Å². The number of rotatable bonds is 3. The molecule has 2 saturated carbocycles. The number of piperazine rings is 1. The number of nitrogens with zero attached hydrogens (tertiary/aromatic N) is 1. The summed E-state index contributed by atoms with van der Waals surface area (Å²) in [6, 6.07) is 0. The summed E-state index contributed by atoms with van der Waals surface area (Å²) < 4.78 is 0. The maximum absolute atomic E-state index is 12.6. The van der Waals surface area contributed by atoms with Crippen LogP contribution in [0.5, 0.6) is 0 Å². The Hall–Kier alpha value is -0.570. The molecule has 1 saturated heterocycles. The summed E-state index contributed by atoms with van der Waals surface area (Å²) in [5.74, 6) is 2.30. The zero-order valence-corrected chi connectivity index (χ0v) is 11.0. The van der Waals surface area contributed by atoms with Crippen molar-refractivity contribution in [1.82, 2.24) is 10.2 Å². The van der Waals surface area contributed by atoms with Gasteiger partial charge in [-0.2, -0.15) is 0 Å². The van der Waals surface area contributed by atoms with Crippen molar-refractivity contribution in [3.8, 4) is 0 Å². The molecule has 3 rings (SSSR count). The molecule has 0 unspecified atom stereocenters. The van der Waals surface area contributed by atoms with Crippen LogP contribution in [0.25, 0.3) is 0 Å². The molecule has 0 aromatic heterocycles. The Morgan fingerprint density at radius 3 is 2.29 bits per heavy atom. The number of hydrogen-bond acceptors (Lipinski definition) is 2. The van der Waals surface area contributed by atoms with Gasteiger partial charge in [0.05, 0.1) is 0 Å². The summed E-state index contributed by atoms with van der Waals surface area (Å²) in [7, 11) is 0. The number of amides is 1. The van der Waals surface area contributed by atoms with E-state index in [0.29, 0.717) is 11.8 Å². The van der Waals surface area contributed by atoms with Gasteiger partial charge in [0, 0.05) is 31.1 Å². The van der Waals surface area contributed by atoms with Crippen molar-refractivity contribution in [3.05, 3.63) is 0 Å². The summed E-state index contributed by atoms with van der Waals surface area (Å²) in [5.41, 5.74) is 0.0889. The number of carbonyl (C=O) groups is 1. The molecule has 0 aromatic rings. The van der Waals surface area contributed by atoms with Gasteiger partial charge in [0.15, 0.2) is 0 Å². The minimum Gasteiger partial charge on any atom is -0.339 e. The van der Waals surface area contributed by atoms with E-state index in [1.54, 1.807) is 0 Å². The second-order valence-corrected chi connectivity index (χ2v) is 6.77. The lowest BCUT2D eigenvalue weighted by molar-refractivity contribution is -0.139. The summed E-state index contributed by atoms with van der Waals surface area (Å²) in [6.45, 7) is 7.10. The molecule has 2 aliphatic carbocycles. The lowest BCUT2D eigenvalue weighted by Gasteiger charge is -2.40. The summed E-state index contributed by atoms with van der Waals surface area (Å²) >= 11 is 0. The Labute approximate surface area is 104 Å². The molecule has 96 valence electrons. The molecular weight excluding hydrogens is 212 g/mol. The van der Waals surface area contributed by atoms with Crippen LogP contribution in [-0.4, -0.2) is 36.0 Å². The molecule has 3 heteroatoms. The molecule has 1 N–H and O–H groups in total. The predicted octanol–water partition coefficient (Wildman–Crippen LogP) is 1.63. The minimum atomic E-state index is 0.0889. The first kappa shape index (κ1) is 11.5. The maximum atomic E-state index is 12.6. The van der Waals surface area contributed by atoms with Gasteiger partial charge in [0.2, 0.25) is 5.91 Å². The summed E-state index contributed by atoms with van der Waals surface area (Å²) in [4.78, 5) is 14.8. The summed E-state index contributed by atoms with van der Waals surface area (Å²) in [5, 5.41) is 3.48.